The van der Waals surface area contributed by atoms with Crippen LogP contribution in [0.25, 0.3) is 0 Å². The number of carboxylic acid groups (broad SMARTS) is 1. The summed E-state index contributed by atoms with van der Waals surface area (Å²) >= 11 is 0. The van der Waals surface area contributed by atoms with E-state index in [2.05, 4.69) is 9.89 Å². The monoisotopic (exact) mass is 740 g/mol. The normalized spacial score (nSPS) is 27.0. The number of aliphatic hydroxyl groups excluding tert-OH is 4. The molecular weight excluding hydrogens is 700 g/mol. The van der Waals surface area contributed by atoms with E-state index in [4.69, 9.17) is 49.7 Å². The number of hydrogen-bond acceptors (Lipinski definition) is 17. The Kier molecular flexibility index (Phi) is 10.2. The highest BCUT2D eigenvalue weighted by molar-refractivity contribution is 5.90. The molecule has 2 aromatic rings. The molecule has 5 aliphatic heterocycles. The van der Waals surface area contributed by atoms with Gasteiger partial charge in [-0.1, -0.05) is 6.07 Å². The molecule has 8 atom stereocenters. The van der Waals surface area contributed by atoms with Gasteiger partial charge < -0.3 is 75.1 Å². The lowest BCUT2D eigenvalue weighted by Crippen LogP contribution is -2.66. The van der Waals surface area contributed by atoms with E-state index in [9.17, 15) is 30.0 Å². The molecular formula is C35H40N4O14. The summed E-state index contributed by atoms with van der Waals surface area (Å²) in [7, 11) is 1.51. The van der Waals surface area contributed by atoms with Crippen molar-refractivity contribution < 1.29 is 68.3 Å². The zero-order valence-electron chi connectivity index (χ0n) is 28.4. The van der Waals surface area contributed by atoms with Gasteiger partial charge in [0.05, 0.1) is 38.1 Å². The van der Waals surface area contributed by atoms with Gasteiger partial charge in [-0.25, -0.2) is 0 Å². The highest BCUT2D eigenvalue weighted by Crippen LogP contribution is 2.57. The molecule has 0 spiro atoms. The van der Waals surface area contributed by atoms with E-state index in [0.717, 1.165) is 28.0 Å². The van der Waals surface area contributed by atoms with Crippen LogP contribution in [0.3, 0.4) is 0 Å². The zero-order valence-corrected chi connectivity index (χ0v) is 28.4. The number of benzene rings is 2. The van der Waals surface area contributed by atoms with Gasteiger partial charge in [-0.15, -0.1) is 0 Å². The Morgan fingerprint density at radius 2 is 1.94 bits per heavy atom. The second-order valence-corrected chi connectivity index (χ2v) is 13.1. The van der Waals surface area contributed by atoms with Crippen molar-refractivity contribution in [1.29, 1.82) is 0 Å². The van der Waals surface area contributed by atoms with Crippen molar-refractivity contribution in [3.8, 4) is 28.7 Å². The fraction of sp³-hybridized carbons (Fsp3) is 0.457. The molecule has 0 amide bonds. The molecule has 18 heteroatoms. The highest BCUT2D eigenvalue weighted by Gasteiger charge is 2.51. The molecule has 1 fully saturated rings. The maximum Gasteiger partial charge on any atom is 0.317 e. The molecule has 1 saturated heterocycles. The Bertz CT molecular complexity index is 1850. The van der Waals surface area contributed by atoms with Gasteiger partial charge in [0.1, 0.15) is 55.0 Å². The largest absolute Gasteiger partial charge is 0.493 e. The first-order chi connectivity index (χ1) is 25.5. The number of carbonyl (C=O) groups excluding carboxylic acids is 1. The summed E-state index contributed by atoms with van der Waals surface area (Å²) in [6.07, 6.45) is -7.85. The van der Waals surface area contributed by atoms with Crippen molar-refractivity contribution >= 4 is 18.2 Å². The van der Waals surface area contributed by atoms with E-state index in [1.54, 1.807) is 24.4 Å². The molecule has 0 radical (unpaired) electrons. The first-order valence-electron chi connectivity index (χ1n) is 16.9. The number of esters is 1. The second kappa shape index (κ2) is 14.8. The van der Waals surface area contributed by atoms with E-state index in [-0.39, 0.29) is 31.5 Å². The predicted molar refractivity (Wildman–Crippen MR) is 180 cm³/mol. The number of aliphatic hydroxyl groups is 4. The molecule has 53 heavy (non-hydrogen) atoms. The van der Waals surface area contributed by atoms with E-state index in [1.807, 2.05) is 18.3 Å². The van der Waals surface area contributed by atoms with Gasteiger partial charge in [0.2, 0.25) is 12.0 Å². The van der Waals surface area contributed by atoms with Crippen LogP contribution in [-0.2, 0) is 25.6 Å². The quantitative estimate of drug-likeness (QED) is 0.0750. The van der Waals surface area contributed by atoms with E-state index < -0.39 is 67.4 Å². The van der Waals surface area contributed by atoms with Crippen LogP contribution in [0.1, 0.15) is 35.1 Å². The van der Waals surface area contributed by atoms with Gasteiger partial charge in [0.15, 0.2) is 17.6 Å². The lowest BCUT2D eigenvalue weighted by Gasteiger charge is -2.43. The first-order valence-corrected chi connectivity index (χ1v) is 16.9. The topological polar surface area (TPSA) is 268 Å². The van der Waals surface area contributed by atoms with Crippen LogP contribution in [-0.4, -0.2) is 125 Å². The van der Waals surface area contributed by atoms with Crippen LogP contribution in [0.15, 0.2) is 52.8 Å². The first kappa shape index (κ1) is 36.4. The molecule has 0 aliphatic carbocycles. The fourth-order valence-electron chi connectivity index (χ4n) is 7.15. The average Bonchev–Trinajstić information content (AvgIpc) is 3.83. The number of rotatable bonds is 13. The number of nitrogens with two attached hydrogens (primary N) is 2. The van der Waals surface area contributed by atoms with Gasteiger partial charge in [0, 0.05) is 48.3 Å². The van der Waals surface area contributed by atoms with Crippen LogP contribution in [0.5, 0.6) is 28.7 Å². The lowest BCUT2D eigenvalue weighted by atomic mass is 9.86. The number of hydrogen-bond donors (Lipinski definition) is 7. The smallest absolute Gasteiger partial charge is 0.317 e. The summed E-state index contributed by atoms with van der Waals surface area (Å²) in [6, 6.07) is 6.96. The maximum atomic E-state index is 12.2. The number of ether oxygens (including phenoxy) is 7. The molecule has 5 aliphatic rings. The minimum absolute atomic E-state index is 0.0247. The summed E-state index contributed by atoms with van der Waals surface area (Å²) in [5.74, 6) is -1.09. The summed E-state index contributed by atoms with van der Waals surface area (Å²) in [5, 5.41) is 51.0. The number of carbonyl (C=O) groups is 2. The predicted octanol–water partition coefficient (Wildman–Crippen LogP) is -0.840. The summed E-state index contributed by atoms with van der Waals surface area (Å²) in [6.45, 7) is 0.954. The average molecular weight is 741 g/mol. The molecule has 2 aromatic carbocycles. The maximum absolute atomic E-state index is 12.2. The molecule has 0 bridgehead atoms. The van der Waals surface area contributed by atoms with E-state index >= 15 is 0 Å². The third-order valence-corrected chi connectivity index (χ3v) is 9.57. The van der Waals surface area contributed by atoms with Gasteiger partial charge in [-0.3, -0.25) is 14.6 Å². The number of fused-ring (bicyclic) bond motifs is 6. The Labute approximate surface area is 302 Å². The van der Waals surface area contributed by atoms with Gasteiger partial charge in [0.25, 0.3) is 0 Å². The van der Waals surface area contributed by atoms with Crippen molar-refractivity contribution in [2.75, 3.05) is 33.5 Å². The lowest BCUT2D eigenvalue weighted by molar-refractivity contribution is -0.291. The number of carboxylic acids is 1. The van der Waals surface area contributed by atoms with Crippen molar-refractivity contribution in [3.63, 3.8) is 0 Å². The molecule has 18 nitrogen and oxygen atoms in total. The van der Waals surface area contributed by atoms with Crippen LogP contribution < -0.4 is 35.2 Å². The number of aliphatic carboxylic acids is 1. The Balaban J connectivity index is 1.21. The number of methoxy groups -OCH3 is 1. The minimum Gasteiger partial charge on any atom is -0.493 e. The summed E-state index contributed by atoms with van der Waals surface area (Å²) in [5.41, 5.74) is 15.8. The minimum atomic E-state index is -1.87. The van der Waals surface area contributed by atoms with Crippen LogP contribution in [0, 0.1) is 0 Å². The number of nitrogens with zero attached hydrogens (tertiary/aromatic N) is 2. The Hall–Kier alpha value is -4.95. The zero-order chi connectivity index (χ0) is 37.6. The Morgan fingerprint density at radius 1 is 1.13 bits per heavy atom. The Morgan fingerprint density at radius 3 is 2.66 bits per heavy atom. The molecule has 0 aromatic heterocycles. The molecule has 9 N–H and O–H groups in total. The van der Waals surface area contributed by atoms with Crippen LogP contribution in [0.4, 0.5) is 0 Å². The molecule has 5 heterocycles. The summed E-state index contributed by atoms with van der Waals surface area (Å²) in [4.78, 5) is 29.7. The molecule has 0 unspecified atom stereocenters. The molecule has 284 valence electrons. The van der Waals surface area contributed by atoms with Crippen LogP contribution >= 0.6 is 0 Å². The van der Waals surface area contributed by atoms with Gasteiger partial charge in [-0.05, 0) is 23.8 Å². The third kappa shape index (κ3) is 6.97. The molecule has 0 saturated carbocycles. The SMILES string of the molecule is COc1ccc2c(c1OCCO)O[C@H]1c3c(CN4C=C5N=CC=C5C4)cc(O[C@@H]4O[C@H]([C@H](OC(=O)CC(=O)O)C(N)N)[C@@H](O)[C@H](O)[C@H]4O)cc3OC[C@@H]21. The fourth-order valence-corrected chi connectivity index (χ4v) is 7.15. The number of allylic oxidation sites excluding steroid dienone is 1. The number of aliphatic imine (C=N–C) groups is 1. The van der Waals surface area contributed by atoms with Gasteiger partial charge >= 0.3 is 11.9 Å². The molecule has 7 rings (SSSR count). The standard InChI is InChI=1S/C35H40N4O14/c1-47-21-3-2-18-19-14-49-22-9-17(50-35-28(46)26(44)27(45)32(53-35)33(34(36)37)51-24(43)10-23(41)42)8-16(12-39-11-15-4-5-38-20(15)13-39)25(22)29(19)52-30(18)31(21)48-7-6-40/h2-5,8-9,13,19,26-29,32-35,40,44-46H,6-7,10-12,14,36-37H2,1H3,(H,41,42)/t19-,26-,27-,28+,29+,32-,33-,35+/m0/s1. The second-order valence-electron chi connectivity index (χ2n) is 13.1. The summed E-state index contributed by atoms with van der Waals surface area (Å²) < 4.78 is 41.5. The van der Waals surface area contributed by atoms with E-state index in [1.165, 1.54) is 7.11 Å². The van der Waals surface area contributed by atoms with Crippen molar-refractivity contribution in [2.24, 2.45) is 16.5 Å². The highest BCUT2D eigenvalue weighted by atomic mass is 16.7. The van der Waals surface area contributed by atoms with Crippen molar-refractivity contribution in [2.45, 2.75) is 68.0 Å². The third-order valence-electron chi connectivity index (χ3n) is 9.57. The van der Waals surface area contributed by atoms with Crippen molar-refractivity contribution in [1.82, 2.24) is 4.90 Å². The van der Waals surface area contributed by atoms with E-state index in [0.29, 0.717) is 36.1 Å². The van der Waals surface area contributed by atoms with Crippen molar-refractivity contribution in [3.05, 3.63) is 64.5 Å². The van der Waals surface area contributed by atoms with Crippen LogP contribution in [0.2, 0.25) is 0 Å². The van der Waals surface area contributed by atoms with Gasteiger partial charge in [-0.2, -0.15) is 0 Å².